The van der Waals surface area contributed by atoms with E-state index in [4.69, 9.17) is 4.98 Å². The minimum atomic E-state index is 0.468. The number of hydrogen-bond acceptors (Lipinski definition) is 3. The van der Waals surface area contributed by atoms with E-state index in [1.54, 1.807) is 4.88 Å². The maximum absolute atomic E-state index is 4.88. The van der Waals surface area contributed by atoms with Crippen LogP contribution in [0.3, 0.4) is 0 Å². The van der Waals surface area contributed by atoms with E-state index in [9.17, 15) is 0 Å². The summed E-state index contributed by atoms with van der Waals surface area (Å²) in [7, 11) is 0. The first kappa shape index (κ1) is 13.0. The van der Waals surface area contributed by atoms with Crippen LogP contribution < -0.4 is 5.32 Å². The Bertz CT molecular complexity index is 334. The molecule has 0 saturated carbocycles. The van der Waals surface area contributed by atoms with Gasteiger partial charge in [-0.05, 0) is 32.1 Å². The molecule has 0 amide bonds. The maximum atomic E-state index is 4.88. The van der Waals surface area contributed by atoms with E-state index in [0.717, 1.165) is 0 Å². The Morgan fingerprint density at radius 3 is 2.71 bits per heavy atom. The smallest absolute Gasteiger partial charge is 0.110 e. The van der Waals surface area contributed by atoms with Crippen molar-refractivity contribution in [1.29, 1.82) is 0 Å². The summed E-state index contributed by atoms with van der Waals surface area (Å²) in [5.41, 5.74) is 1.39. The van der Waals surface area contributed by atoms with Gasteiger partial charge in [0, 0.05) is 10.9 Å². The molecule has 17 heavy (non-hydrogen) atoms. The Morgan fingerprint density at radius 1 is 1.29 bits per heavy atom. The number of aryl methyl sites for hydroxylation is 2. The molecule has 0 radical (unpaired) electrons. The number of hydrogen-bond donors (Lipinski definition) is 1. The van der Waals surface area contributed by atoms with E-state index in [-0.39, 0.29) is 0 Å². The number of aromatic nitrogens is 1. The quantitative estimate of drug-likeness (QED) is 0.860. The molecule has 0 spiro atoms. The van der Waals surface area contributed by atoms with Crippen molar-refractivity contribution in [3.05, 3.63) is 15.6 Å². The van der Waals surface area contributed by atoms with Crippen LogP contribution in [-0.2, 0) is 12.8 Å². The van der Waals surface area contributed by atoms with Crippen LogP contribution in [0.2, 0.25) is 0 Å². The molecule has 1 N–H and O–H groups in total. The van der Waals surface area contributed by atoms with Gasteiger partial charge >= 0.3 is 0 Å². The van der Waals surface area contributed by atoms with Crippen LogP contribution in [0.25, 0.3) is 0 Å². The molecule has 2 rings (SSSR count). The van der Waals surface area contributed by atoms with Gasteiger partial charge in [0.15, 0.2) is 0 Å². The zero-order chi connectivity index (χ0) is 12.3. The van der Waals surface area contributed by atoms with E-state index in [1.165, 1.54) is 49.2 Å². The van der Waals surface area contributed by atoms with Gasteiger partial charge < -0.3 is 5.32 Å². The molecule has 96 valence electrons. The van der Waals surface area contributed by atoms with Crippen LogP contribution in [0.1, 0.15) is 68.1 Å². The summed E-state index contributed by atoms with van der Waals surface area (Å²) in [5.74, 6) is 0. The fraction of sp³-hybridized carbons (Fsp3) is 0.786. The number of nitrogens with one attached hydrogen (secondary N) is 1. The second-order valence-corrected chi connectivity index (χ2v) is 6.41. The van der Waals surface area contributed by atoms with Crippen LogP contribution in [0.5, 0.6) is 0 Å². The molecule has 1 aliphatic carbocycles. The Kier molecular flexibility index (Phi) is 4.57. The molecule has 1 aromatic heterocycles. The second kappa shape index (κ2) is 5.96. The topological polar surface area (TPSA) is 24.9 Å². The average molecular weight is 252 g/mol. The lowest BCUT2D eigenvalue weighted by atomic mass is 10.0. The summed E-state index contributed by atoms with van der Waals surface area (Å²) in [4.78, 5) is 6.43. The highest BCUT2D eigenvalue weighted by molar-refractivity contribution is 7.11. The van der Waals surface area contributed by atoms with Crippen LogP contribution in [0.4, 0.5) is 0 Å². The highest BCUT2D eigenvalue weighted by Gasteiger charge is 2.20. The SMILES string of the molecule is CCCC(NC(C)C)c1nc2c(s1)CCCC2. The first-order valence-electron chi connectivity index (χ1n) is 6.95. The third kappa shape index (κ3) is 3.29. The zero-order valence-corrected chi connectivity index (χ0v) is 12.1. The Labute approximate surface area is 109 Å². The Hall–Kier alpha value is -0.410. The summed E-state index contributed by atoms with van der Waals surface area (Å²) in [6.07, 6.45) is 7.55. The van der Waals surface area contributed by atoms with E-state index in [0.29, 0.717) is 12.1 Å². The summed E-state index contributed by atoms with van der Waals surface area (Å²) >= 11 is 1.95. The fourth-order valence-electron chi connectivity index (χ4n) is 2.49. The van der Waals surface area contributed by atoms with Gasteiger partial charge in [0.1, 0.15) is 5.01 Å². The van der Waals surface area contributed by atoms with Gasteiger partial charge in [0.2, 0.25) is 0 Å². The zero-order valence-electron chi connectivity index (χ0n) is 11.3. The van der Waals surface area contributed by atoms with E-state index in [1.807, 2.05) is 11.3 Å². The van der Waals surface area contributed by atoms with Crippen LogP contribution in [-0.4, -0.2) is 11.0 Å². The van der Waals surface area contributed by atoms with Gasteiger partial charge in [-0.1, -0.05) is 27.2 Å². The molecule has 0 aromatic carbocycles. The molecule has 1 aromatic rings. The fourth-order valence-corrected chi connectivity index (χ4v) is 3.74. The second-order valence-electron chi connectivity index (χ2n) is 5.29. The van der Waals surface area contributed by atoms with Crippen molar-refractivity contribution in [1.82, 2.24) is 10.3 Å². The predicted octanol–water partition coefficient (Wildman–Crippen LogP) is 3.86. The van der Waals surface area contributed by atoms with Crippen LogP contribution >= 0.6 is 11.3 Å². The van der Waals surface area contributed by atoms with Gasteiger partial charge in [0.25, 0.3) is 0 Å². The molecule has 1 atom stereocenters. The van der Waals surface area contributed by atoms with Gasteiger partial charge in [-0.2, -0.15) is 0 Å². The summed E-state index contributed by atoms with van der Waals surface area (Å²) in [6.45, 7) is 6.69. The van der Waals surface area contributed by atoms with Crippen molar-refractivity contribution in [2.45, 2.75) is 71.4 Å². The van der Waals surface area contributed by atoms with Crippen molar-refractivity contribution in [2.75, 3.05) is 0 Å². The van der Waals surface area contributed by atoms with Crippen molar-refractivity contribution in [3.63, 3.8) is 0 Å². The van der Waals surface area contributed by atoms with Gasteiger partial charge in [-0.15, -0.1) is 11.3 Å². The minimum Gasteiger partial charge on any atom is -0.306 e. The lowest BCUT2D eigenvalue weighted by molar-refractivity contribution is 0.446. The van der Waals surface area contributed by atoms with E-state index in [2.05, 4.69) is 26.1 Å². The highest BCUT2D eigenvalue weighted by atomic mass is 32.1. The molecule has 1 unspecified atom stereocenters. The molecule has 0 saturated heterocycles. The van der Waals surface area contributed by atoms with E-state index < -0.39 is 0 Å². The van der Waals surface area contributed by atoms with Crippen molar-refractivity contribution < 1.29 is 0 Å². The molecular weight excluding hydrogens is 228 g/mol. The van der Waals surface area contributed by atoms with Crippen LogP contribution in [0.15, 0.2) is 0 Å². The third-order valence-corrected chi connectivity index (χ3v) is 4.54. The van der Waals surface area contributed by atoms with Gasteiger partial charge in [-0.3, -0.25) is 0 Å². The Morgan fingerprint density at radius 2 is 2.06 bits per heavy atom. The number of nitrogens with zero attached hydrogens (tertiary/aromatic N) is 1. The van der Waals surface area contributed by atoms with Gasteiger partial charge in [-0.25, -0.2) is 4.98 Å². The van der Waals surface area contributed by atoms with Crippen molar-refractivity contribution in [2.24, 2.45) is 0 Å². The lowest BCUT2D eigenvalue weighted by Gasteiger charge is -2.18. The molecule has 0 bridgehead atoms. The van der Waals surface area contributed by atoms with Crippen LogP contribution in [0, 0.1) is 0 Å². The molecule has 1 aliphatic rings. The average Bonchev–Trinajstić information content (AvgIpc) is 2.71. The lowest BCUT2D eigenvalue weighted by Crippen LogP contribution is -2.28. The normalized spacial score (nSPS) is 17.2. The summed E-state index contributed by atoms with van der Waals surface area (Å²) in [6, 6.07) is 1.00. The first-order chi connectivity index (χ1) is 8.20. The minimum absolute atomic E-state index is 0.468. The highest BCUT2D eigenvalue weighted by Crippen LogP contribution is 2.31. The largest absolute Gasteiger partial charge is 0.306 e. The van der Waals surface area contributed by atoms with Crippen molar-refractivity contribution >= 4 is 11.3 Å². The standard InChI is InChI=1S/C14H24N2S/c1-4-7-12(15-10(2)3)14-16-11-8-5-6-9-13(11)17-14/h10,12,15H,4-9H2,1-3H3. The molecular formula is C14H24N2S. The number of fused-ring (bicyclic) bond motifs is 1. The first-order valence-corrected chi connectivity index (χ1v) is 7.77. The number of rotatable bonds is 5. The van der Waals surface area contributed by atoms with Crippen molar-refractivity contribution in [3.8, 4) is 0 Å². The monoisotopic (exact) mass is 252 g/mol. The predicted molar refractivity (Wildman–Crippen MR) is 74.7 cm³/mol. The molecule has 1 heterocycles. The maximum Gasteiger partial charge on any atom is 0.110 e. The molecule has 3 heteroatoms. The van der Waals surface area contributed by atoms with Gasteiger partial charge in [0.05, 0.1) is 11.7 Å². The number of thiazole rings is 1. The van der Waals surface area contributed by atoms with E-state index >= 15 is 0 Å². The molecule has 2 nitrogen and oxygen atoms in total. The Balaban J connectivity index is 2.14. The molecule has 0 fully saturated rings. The third-order valence-electron chi connectivity index (χ3n) is 3.27. The molecule has 0 aliphatic heterocycles. The summed E-state index contributed by atoms with van der Waals surface area (Å²) < 4.78 is 0. The summed E-state index contributed by atoms with van der Waals surface area (Å²) in [5, 5.41) is 4.98.